The number of nitrogens with zero attached hydrogens (tertiary/aromatic N) is 1. The van der Waals surface area contributed by atoms with Gasteiger partial charge < -0.3 is 20.5 Å². The number of ether oxygens (including phenoxy) is 1. The zero-order chi connectivity index (χ0) is 23.1. The van der Waals surface area contributed by atoms with E-state index in [-0.39, 0.29) is 23.6 Å². The molecule has 33 heavy (non-hydrogen) atoms. The van der Waals surface area contributed by atoms with Crippen LogP contribution in [0, 0.1) is 5.82 Å². The summed E-state index contributed by atoms with van der Waals surface area (Å²) in [5, 5.41) is 16.9. The molecule has 3 aliphatic carbocycles. The van der Waals surface area contributed by atoms with Gasteiger partial charge in [-0.25, -0.2) is 9.18 Å². The highest BCUT2D eigenvalue weighted by atomic mass is 19.1. The van der Waals surface area contributed by atoms with E-state index in [2.05, 4.69) is 27.7 Å². The van der Waals surface area contributed by atoms with Gasteiger partial charge in [0, 0.05) is 31.1 Å². The highest BCUT2D eigenvalue weighted by Crippen LogP contribution is 2.46. The van der Waals surface area contributed by atoms with Gasteiger partial charge in [-0.1, -0.05) is 30.3 Å². The van der Waals surface area contributed by atoms with E-state index in [4.69, 9.17) is 4.74 Å². The average Bonchev–Trinajstić information content (AvgIpc) is 3.25. The zero-order valence-electron chi connectivity index (χ0n) is 19.1. The van der Waals surface area contributed by atoms with Crippen molar-refractivity contribution in [2.45, 2.75) is 75.3 Å². The number of hydrogen-bond donors (Lipinski definition) is 3. The van der Waals surface area contributed by atoms with Crippen LogP contribution >= 0.6 is 0 Å². The summed E-state index contributed by atoms with van der Waals surface area (Å²) in [6, 6.07) is 12.9. The average molecular weight is 454 g/mol. The molecule has 6 rings (SSSR count). The molecule has 3 saturated carbocycles. The number of methoxy groups -OCH3 is 1. The second-order valence-corrected chi connectivity index (χ2v) is 9.95. The van der Waals surface area contributed by atoms with Gasteiger partial charge >= 0.3 is 6.03 Å². The van der Waals surface area contributed by atoms with Crippen LogP contribution in [0.5, 0.6) is 5.75 Å². The van der Waals surface area contributed by atoms with E-state index in [9.17, 15) is 14.3 Å². The Morgan fingerprint density at radius 2 is 1.73 bits per heavy atom. The molecule has 0 spiro atoms. The van der Waals surface area contributed by atoms with Gasteiger partial charge in [-0.2, -0.15) is 0 Å². The van der Waals surface area contributed by atoms with Crippen molar-refractivity contribution >= 4 is 6.03 Å². The van der Waals surface area contributed by atoms with Gasteiger partial charge in [-0.15, -0.1) is 0 Å². The lowest BCUT2D eigenvalue weighted by atomic mass is 9.63. The van der Waals surface area contributed by atoms with E-state index < -0.39 is 5.60 Å². The minimum Gasteiger partial charge on any atom is -0.497 e. The van der Waals surface area contributed by atoms with Gasteiger partial charge in [0.15, 0.2) is 0 Å². The minimum absolute atomic E-state index is 0.225. The molecule has 4 aliphatic rings. The van der Waals surface area contributed by atoms with Gasteiger partial charge in [0.1, 0.15) is 11.6 Å². The second kappa shape index (κ2) is 8.61. The predicted molar refractivity (Wildman–Crippen MR) is 123 cm³/mol. The zero-order valence-corrected chi connectivity index (χ0v) is 19.1. The summed E-state index contributed by atoms with van der Waals surface area (Å²) in [6.45, 7) is 1.41. The Hall–Kier alpha value is -2.64. The minimum atomic E-state index is -0.546. The third-order valence-electron chi connectivity index (χ3n) is 7.86. The summed E-state index contributed by atoms with van der Waals surface area (Å²) in [5.74, 6) is 0.136. The number of urea groups is 1. The molecule has 3 fully saturated rings. The third kappa shape index (κ3) is 4.57. The van der Waals surface area contributed by atoms with Crippen LogP contribution in [0.25, 0.3) is 0 Å². The molecule has 3 N–H and O–H groups in total. The first-order valence-electron chi connectivity index (χ1n) is 11.8. The van der Waals surface area contributed by atoms with Crippen LogP contribution in [0.2, 0.25) is 0 Å². The van der Waals surface area contributed by atoms with Crippen molar-refractivity contribution in [2.75, 3.05) is 7.11 Å². The molecule has 176 valence electrons. The van der Waals surface area contributed by atoms with E-state index in [0.717, 1.165) is 38.5 Å². The number of fused-ring (bicyclic) bond motifs is 4. The van der Waals surface area contributed by atoms with Crippen molar-refractivity contribution in [1.29, 1.82) is 0 Å². The molecule has 6 nitrogen and oxygen atoms in total. The normalized spacial score (nSPS) is 27.1. The van der Waals surface area contributed by atoms with Crippen molar-refractivity contribution in [2.24, 2.45) is 0 Å². The maximum atomic E-state index is 14.8. The summed E-state index contributed by atoms with van der Waals surface area (Å²) in [6.07, 6.45) is 4.57. The molecule has 1 atom stereocenters. The molecule has 1 heterocycles. The molecule has 2 aromatic rings. The molecule has 1 aliphatic heterocycles. The number of nitrogens with one attached hydrogen (secondary N) is 2. The number of rotatable bonds is 6. The highest BCUT2D eigenvalue weighted by Gasteiger charge is 2.48. The monoisotopic (exact) mass is 453 g/mol. The molecule has 2 aromatic carbocycles. The first kappa shape index (κ1) is 22.2. The van der Waals surface area contributed by atoms with Crippen LogP contribution < -0.4 is 15.4 Å². The van der Waals surface area contributed by atoms with Crippen molar-refractivity contribution in [3.8, 4) is 5.75 Å². The summed E-state index contributed by atoms with van der Waals surface area (Å²) < 4.78 is 19.9. The Balaban J connectivity index is 1.32. The quantitative estimate of drug-likeness (QED) is 0.621. The molecular formula is C26H32FN3O3. The molecule has 2 amide bonds. The molecule has 7 heteroatoms. The first-order chi connectivity index (χ1) is 15.9. The fourth-order valence-electron chi connectivity index (χ4n) is 5.66. The Bertz CT molecular complexity index is 994. The molecule has 0 radical (unpaired) electrons. The first-order valence-corrected chi connectivity index (χ1v) is 11.8. The SMILES string of the molecule is COc1ccc(CC(NC(=O)NC23CCC(O)(CC2)CC3)N2Cc3ccccc3C2)c(F)c1. The number of aliphatic hydroxyl groups is 1. The Labute approximate surface area is 194 Å². The maximum Gasteiger partial charge on any atom is 0.316 e. The van der Waals surface area contributed by atoms with Crippen LogP contribution in [-0.4, -0.2) is 40.5 Å². The summed E-state index contributed by atoms with van der Waals surface area (Å²) >= 11 is 0. The Morgan fingerprint density at radius 3 is 2.30 bits per heavy atom. The molecular weight excluding hydrogens is 421 g/mol. The fourth-order valence-corrected chi connectivity index (χ4v) is 5.66. The van der Waals surface area contributed by atoms with E-state index >= 15 is 0 Å². The smallest absolute Gasteiger partial charge is 0.316 e. The predicted octanol–water partition coefficient (Wildman–Crippen LogP) is 3.86. The fraction of sp³-hybridized carbons (Fsp3) is 0.500. The maximum absolute atomic E-state index is 14.8. The van der Waals surface area contributed by atoms with Crippen LogP contribution in [0.15, 0.2) is 42.5 Å². The lowest BCUT2D eigenvalue weighted by Crippen LogP contribution is -2.62. The van der Waals surface area contributed by atoms with Crippen molar-refractivity contribution < 1.29 is 19.0 Å². The third-order valence-corrected chi connectivity index (χ3v) is 7.86. The Morgan fingerprint density at radius 1 is 1.09 bits per heavy atom. The number of halogens is 1. The topological polar surface area (TPSA) is 73.8 Å². The largest absolute Gasteiger partial charge is 0.497 e. The van der Waals surface area contributed by atoms with E-state index in [1.54, 1.807) is 12.1 Å². The number of carbonyl (C=O) groups is 1. The van der Waals surface area contributed by atoms with E-state index in [0.29, 0.717) is 30.8 Å². The number of carbonyl (C=O) groups excluding carboxylic acids is 1. The molecule has 2 bridgehead atoms. The standard InChI is InChI=1S/C26H32FN3O3/c1-33-21-7-6-18(22(27)15-21)14-23(30-16-19-4-2-3-5-20(19)17-30)28-24(31)29-25-8-11-26(32,12-9-25)13-10-25/h2-7,15,23,32H,8-14,16-17H2,1H3,(H2,28,29,31). The lowest BCUT2D eigenvalue weighted by Gasteiger charge is -2.51. The molecule has 0 saturated heterocycles. The van der Waals surface area contributed by atoms with Crippen molar-refractivity contribution in [3.63, 3.8) is 0 Å². The highest BCUT2D eigenvalue weighted by molar-refractivity contribution is 5.75. The summed E-state index contributed by atoms with van der Waals surface area (Å²) in [4.78, 5) is 15.3. The van der Waals surface area contributed by atoms with Gasteiger partial charge in [-0.05, 0) is 61.3 Å². The van der Waals surface area contributed by atoms with Gasteiger partial charge in [0.25, 0.3) is 0 Å². The summed E-state index contributed by atoms with van der Waals surface area (Å²) in [7, 11) is 1.52. The van der Waals surface area contributed by atoms with Crippen LogP contribution in [-0.2, 0) is 19.5 Å². The number of amides is 2. The van der Waals surface area contributed by atoms with Gasteiger partial charge in [0.05, 0.1) is 18.9 Å². The second-order valence-electron chi connectivity index (χ2n) is 9.95. The van der Waals surface area contributed by atoms with Crippen LogP contribution in [0.4, 0.5) is 9.18 Å². The Kier molecular flexibility index (Phi) is 5.79. The number of hydrogen-bond acceptors (Lipinski definition) is 4. The van der Waals surface area contributed by atoms with Gasteiger partial charge in [-0.3, -0.25) is 4.90 Å². The van der Waals surface area contributed by atoms with Crippen LogP contribution in [0.3, 0.4) is 0 Å². The van der Waals surface area contributed by atoms with Crippen molar-refractivity contribution in [3.05, 3.63) is 65.0 Å². The number of benzene rings is 2. The molecule has 0 aromatic heterocycles. The lowest BCUT2D eigenvalue weighted by molar-refractivity contribution is -0.0695. The molecule has 1 unspecified atom stereocenters. The van der Waals surface area contributed by atoms with E-state index in [1.165, 1.54) is 24.3 Å². The summed E-state index contributed by atoms with van der Waals surface area (Å²) in [5.41, 5.74) is 2.21. The van der Waals surface area contributed by atoms with Gasteiger partial charge in [0.2, 0.25) is 0 Å². The van der Waals surface area contributed by atoms with Crippen LogP contribution in [0.1, 0.15) is 55.2 Å². The van der Waals surface area contributed by atoms with E-state index in [1.807, 2.05) is 12.1 Å². The van der Waals surface area contributed by atoms with Crippen molar-refractivity contribution in [1.82, 2.24) is 15.5 Å².